The second kappa shape index (κ2) is 6.78. The van der Waals surface area contributed by atoms with Crippen molar-refractivity contribution in [1.29, 1.82) is 5.26 Å². The first-order valence-corrected chi connectivity index (χ1v) is 7.26. The summed E-state index contributed by atoms with van der Waals surface area (Å²) in [5, 5.41) is 8.72. The fourth-order valence-electron chi connectivity index (χ4n) is 1.72. The SMILES string of the molecule is CSc1ccccc1C(=O)OCc1ccc(C#N)cc1. The Morgan fingerprint density at radius 3 is 2.55 bits per heavy atom. The minimum Gasteiger partial charge on any atom is -0.457 e. The lowest BCUT2D eigenvalue weighted by Crippen LogP contribution is -2.06. The van der Waals surface area contributed by atoms with Crippen LogP contribution in [0.1, 0.15) is 21.5 Å². The number of carbonyl (C=O) groups excluding carboxylic acids is 1. The van der Waals surface area contributed by atoms with Crippen molar-refractivity contribution >= 4 is 17.7 Å². The van der Waals surface area contributed by atoms with Crippen LogP contribution in [0, 0.1) is 11.3 Å². The fraction of sp³-hybridized carbons (Fsp3) is 0.125. The molecule has 0 atom stereocenters. The Labute approximate surface area is 122 Å². The van der Waals surface area contributed by atoms with E-state index in [9.17, 15) is 4.79 Å². The Morgan fingerprint density at radius 1 is 1.20 bits per heavy atom. The lowest BCUT2D eigenvalue weighted by molar-refractivity contribution is 0.0468. The molecular formula is C16H13NO2S. The third kappa shape index (κ3) is 3.40. The summed E-state index contributed by atoms with van der Waals surface area (Å²) in [4.78, 5) is 12.9. The van der Waals surface area contributed by atoms with Crippen molar-refractivity contribution < 1.29 is 9.53 Å². The van der Waals surface area contributed by atoms with E-state index in [1.165, 1.54) is 11.8 Å². The van der Waals surface area contributed by atoms with E-state index in [2.05, 4.69) is 0 Å². The molecule has 0 N–H and O–H groups in total. The largest absolute Gasteiger partial charge is 0.457 e. The van der Waals surface area contributed by atoms with Gasteiger partial charge in [-0.1, -0.05) is 24.3 Å². The van der Waals surface area contributed by atoms with Crippen molar-refractivity contribution in [2.24, 2.45) is 0 Å². The van der Waals surface area contributed by atoms with Gasteiger partial charge in [0.25, 0.3) is 0 Å². The maximum absolute atomic E-state index is 12.0. The van der Waals surface area contributed by atoms with E-state index < -0.39 is 0 Å². The lowest BCUT2D eigenvalue weighted by Gasteiger charge is -2.08. The molecule has 4 heteroatoms. The van der Waals surface area contributed by atoms with Crippen LogP contribution in [-0.4, -0.2) is 12.2 Å². The number of carbonyl (C=O) groups is 1. The van der Waals surface area contributed by atoms with Crippen LogP contribution in [0.5, 0.6) is 0 Å². The predicted molar refractivity (Wildman–Crippen MR) is 78.5 cm³/mol. The molecule has 0 radical (unpaired) electrons. The number of hydrogen-bond donors (Lipinski definition) is 0. The molecule has 20 heavy (non-hydrogen) atoms. The summed E-state index contributed by atoms with van der Waals surface area (Å²) in [6.07, 6.45) is 1.92. The molecule has 0 fully saturated rings. The van der Waals surface area contributed by atoms with Crippen LogP contribution in [0.2, 0.25) is 0 Å². The van der Waals surface area contributed by atoms with Gasteiger partial charge in [-0.05, 0) is 36.1 Å². The summed E-state index contributed by atoms with van der Waals surface area (Å²) in [6, 6.07) is 16.4. The molecule has 0 aliphatic heterocycles. The molecule has 100 valence electrons. The highest BCUT2D eigenvalue weighted by Gasteiger charge is 2.11. The number of rotatable bonds is 4. The lowest BCUT2D eigenvalue weighted by atomic mass is 10.1. The summed E-state index contributed by atoms with van der Waals surface area (Å²) in [7, 11) is 0. The average Bonchev–Trinajstić information content (AvgIpc) is 2.53. The molecule has 0 amide bonds. The smallest absolute Gasteiger partial charge is 0.339 e. The van der Waals surface area contributed by atoms with Crippen LogP contribution in [0.15, 0.2) is 53.4 Å². The predicted octanol–water partition coefficient (Wildman–Crippen LogP) is 3.64. The van der Waals surface area contributed by atoms with Gasteiger partial charge >= 0.3 is 5.97 Å². The normalized spacial score (nSPS) is 9.80. The van der Waals surface area contributed by atoms with Gasteiger partial charge in [-0.2, -0.15) is 5.26 Å². The molecule has 2 rings (SSSR count). The quantitative estimate of drug-likeness (QED) is 0.635. The summed E-state index contributed by atoms with van der Waals surface area (Å²) >= 11 is 1.51. The number of nitriles is 1. The number of esters is 1. The van der Waals surface area contributed by atoms with Crippen molar-refractivity contribution in [2.75, 3.05) is 6.26 Å². The number of hydrogen-bond acceptors (Lipinski definition) is 4. The summed E-state index contributed by atoms with van der Waals surface area (Å²) in [5.41, 5.74) is 2.03. The standard InChI is InChI=1S/C16H13NO2S/c1-20-15-5-3-2-4-14(15)16(18)19-11-13-8-6-12(10-17)7-9-13/h2-9H,11H2,1H3. The Bertz CT molecular complexity index is 644. The zero-order valence-corrected chi connectivity index (χ0v) is 11.8. The van der Waals surface area contributed by atoms with E-state index in [4.69, 9.17) is 10.00 Å². The molecule has 0 saturated carbocycles. The van der Waals surface area contributed by atoms with Crippen LogP contribution in [0.3, 0.4) is 0 Å². The highest BCUT2D eigenvalue weighted by molar-refractivity contribution is 7.98. The van der Waals surface area contributed by atoms with Gasteiger partial charge in [0.05, 0.1) is 17.2 Å². The van der Waals surface area contributed by atoms with E-state index in [-0.39, 0.29) is 12.6 Å². The van der Waals surface area contributed by atoms with Crippen molar-refractivity contribution in [1.82, 2.24) is 0 Å². The van der Waals surface area contributed by atoms with Crippen LogP contribution < -0.4 is 0 Å². The van der Waals surface area contributed by atoms with Gasteiger partial charge in [-0.15, -0.1) is 11.8 Å². The number of ether oxygens (including phenoxy) is 1. The Morgan fingerprint density at radius 2 is 1.90 bits per heavy atom. The molecule has 0 aliphatic rings. The van der Waals surface area contributed by atoms with Crippen molar-refractivity contribution in [3.63, 3.8) is 0 Å². The molecule has 0 aromatic heterocycles. The maximum atomic E-state index is 12.0. The topological polar surface area (TPSA) is 50.1 Å². The first kappa shape index (κ1) is 14.2. The first-order chi connectivity index (χ1) is 9.74. The molecule has 0 aliphatic carbocycles. The molecular weight excluding hydrogens is 270 g/mol. The van der Waals surface area contributed by atoms with Gasteiger partial charge in [-0.25, -0.2) is 4.79 Å². The monoisotopic (exact) mass is 283 g/mol. The van der Waals surface area contributed by atoms with Crippen LogP contribution >= 0.6 is 11.8 Å². The van der Waals surface area contributed by atoms with Gasteiger partial charge < -0.3 is 4.74 Å². The van der Waals surface area contributed by atoms with E-state index in [1.807, 2.05) is 30.5 Å². The highest BCUT2D eigenvalue weighted by Crippen LogP contribution is 2.21. The van der Waals surface area contributed by atoms with Crippen LogP contribution in [0.25, 0.3) is 0 Å². The zero-order valence-electron chi connectivity index (χ0n) is 11.0. The number of thioether (sulfide) groups is 1. The first-order valence-electron chi connectivity index (χ1n) is 6.04. The Balaban J connectivity index is 2.03. The average molecular weight is 283 g/mol. The molecule has 0 unspecified atom stereocenters. The highest BCUT2D eigenvalue weighted by atomic mass is 32.2. The third-order valence-corrected chi connectivity index (χ3v) is 3.58. The third-order valence-electron chi connectivity index (χ3n) is 2.78. The zero-order chi connectivity index (χ0) is 14.4. The number of benzene rings is 2. The van der Waals surface area contributed by atoms with Gasteiger partial charge in [0.1, 0.15) is 6.61 Å². The van der Waals surface area contributed by atoms with E-state index >= 15 is 0 Å². The van der Waals surface area contributed by atoms with Crippen molar-refractivity contribution in [3.05, 3.63) is 65.2 Å². The van der Waals surface area contributed by atoms with Crippen molar-refractivity contribution in [2.45, 2.75) is 11.5 Å². The van der Waals surface area contributed by atoms with Gasteiger partial charge in [-0.3, -0.25) is 0 Å². The van der Waals surface area contributed by atoms with E-state index in [0.717, 1.165) is 10.5 Å². The summed E-state index contributed by atoms with van der Waals surface area (Å²) < 4.78 is 5.29. The Hall–Kier alpha value is -2.25. The second-order valence-electron chi connectivity index (χ2n) is 4.09. The molecule has 0 bridgehead atoms. The maximum Gasteiger partial charge on any atom is 0.339 e. The van der Waals surface area contributed by atoms with Crippen LogP contribution in [0.4, 0.5) is 0 Å². The summed E-state index contributed by atoms with van der Waals surface area (Å²) in [5.74, 6) is -0.334. The molecule has 0 spiro atoms. The molecule has 3 nitrogen and oxygen atoms in total. The van der Waals surface area contributed by atoms with E-state index in [1.54, 1.807) is 30.3 Å². The Kier molecular flexibility index (Phi) is 4.80. The van der Waals surface area contributed by atoms with Crippen molar-refractivity contribution in [3.8, 4) is 6.07 Å². The van der Waals surface area contributed by atoms with Gasteiger partial charge in [0.15, 0.2) is 0 Å². The molecule has 2 aromatic rings. The molecule has 2 aromatic carbocycles. The fourth-order valence-corrected chi connectivity index (χ4v) is 2.30. The minimum atomic E-state index is -0.334. The summed E-state index contributed by atoms with van der Waals surface area (Å²) in [6.45, 7) is 0.202. The minimum absolute atomic E-state index is 0.202. The van der Waals surface area contributed by atoms with Gasteiger partial charge in [0, 0.05) is 4.90 Å². The molecule has 0 heterocycles. The number of nitrogens with zero attached hydrogens (tertiary/aromatic N) is 1. The van der Waals surface area contributed by atoms with E-state index in [0.29, 0.717) is 11.1 Å². The van der Waals surface area contributed by atoms with Gasteiger partial charge in [0.2, 0.25) is 0 Å². The molecule has 0 saturated heterocycles. The second-order valence-corrected chi connectivity index (χ2v) is 4.93. The van der Waals surface area contributed by atoms with Crippen LogP contribution in [-0.2, 0) is 11.3 Å².